The minimum absolute atomic E-state index is 0.281. The van der Waals surface area contributed by atoms with E-state index in [1.807, 2.05) is 0 Å². The van der Waals surface area contributed by atoms with E-state index in [0.717, 1.165) is 11.8 Å². The van der Waals surface area contributed by atoms with Gasteiger partial charge in [0.05, 0.1) is 0 Å². The van der Waals surface area contributed by atoms with Crippen LogP contribution in [0, 0.1) is 17.8 Å². The molecule has 0 aromatic rings. The van der Waals surface area contributed by atoms with Crippen molar-refractivity contribution >= 4 is 0 Å². The summed E-state index contributed by atoms with van der Waals surface area (Å²) in [5, 5.41) is 12.8. The maximum atomic E-state index is 9.13. The van der Waals surface area contributed by atoms with Gasteiger partial charge in [0.2, 0.25) is 0 Å². The van der Waals surface area contributed by atoms with Crippen molar-refractivity contribution in [1.29, 1.82) is 0 Å². The molecule has 0 radical (unpaired) electrons. The van der Waals surface area contributed by atoms with Gasteiger partial charge >= 0.3 is 0 Å². The zero-order valence-corrected chi connectivity index (χ0v) is 10.7. The molecule has 0 spiro atoms. The Kier molecular flexibility index (Phi) is 5.07. The van der Waals surface area contributed by atoms with Crippen LogP contribution < -0.4 is 5.32 Å². The van der Waals surface area contributed by atoms with Crippen molar-refractivity contribution in [3.05, 3.63) is 0 Å². The minimum Gasteiger partial charge on any atom is -0.396 e. The lowest BCUT2D eigenvalue weighted by Crippen LogP contribution is -2.49. The maximum Gasteiger partial charge on any atom is 0.0471 e. The van der Waals surface area contributed by atoms with Crippen LogP contribution >= 0.6 is 0 Å². The van der Waals surface area contributed by atoms with Gasteiger partial charge in [-0.25, -0.2) is 0 Å². The highest BCUT2D eigenvalue weighted by Gasteiger charge is 2.29. The van der Waals surface area contributed by atoms with E-state index in [1.54, 1.807) is 0 Å². The van der Waals surface area contributed by atoms with Gasteiger partial charge in [0.15, 0.2) is 0 Å². The lowest BCUT2D eigenvalue weighted by molar-refractivity contribution is 0.154. The van der Waals surface area contributed by atoms with Gasteiger partial charge < -0.3 is 10.4 Å². The second kappa shape index (κ2) is 5.86. The predicted octanol–water partition coefficient (Wildman–Crippen LogP) is 2.42. The van der Waals surface area contributed by atoms with Crippen molar-refractivity contribution in [3.63, 3.8) is 0 Å². The quantitative estimate of drug-likeness (QED) is 0.751. The third kappa shape index (κ3) is 3.46. The predicted molar refractivity (Wildman–Crippen MR) is 64.8 cm³/mol. The van der Waals surface area contributed by atoms with E-state index in [9.17, 15) is 0 Å². The van der Waals surface area contributed by atoms with E-state index < -0.39 is 0 Å². The van der Waals surface area contributed by atoms with Crippen molar-refractivity contribution in [2.75, 3.05) is 6.61 Å². The molecule has 1 fully saturated rings. The van der Waals surface area contributed by atoms with Gasteiger partial charge in [-0.05, 0) is 37.5 Å². The Labute approximate surface area is 94.5 Å². The number of hydrogen-bond donors (Lipinski definition) is 2. The first-order valence-electron chi connectivity index (χ1n) is 6.43. The Hall–Kier alpha value is -0.0800. The first-order chi connectivity index (χ1) is 7.06. The van der Waals surface area contributed by atoms with Crippen LogP contribution in [0.4, 0.5) is 0 Å². The third-order valence-electron chi connectivity index (χ3n) is 4.14. The summed E-state index contributed by atoms with van der Waals surface area (Å²) in [6.07, 6.45) is 4.08. The van der Waals surface area contributed by atoms with Gasteiger partial charge in [0.25, 0.3) is 0 Å². The van der Waals surface area contributed by atoms with Crippen LogP contribution in [0.1, 0.15) is 47.0 Å². The standard InChI is InChI=1S/C13H27NO/c1-9-6-5-7-10(2)13(9)14-12(4)11(3)8-15/h9-15H,5-8H2,1-4H3. The van der Waals surface area contributed by atoms with E-state index in [2.05, 4.69) is 33.0 Å². The molecule has 2 N–H and O–H groups in total. The van der Waals surface area contributed by atoms with Crippen molar-refractivity contribution < 1.29 is 5.11 Å². The monoisotopic (exact) mass is 213 g/mol. The van der Waals surface area contributed by atoms with E-state index in [1.165, 1.54) is 19.3 Å². The van der Waals surface area contributed by atoms with Crippen LogP contribution in [0.5, 0.6) is 0 Å². The molecule has 0 amide bonds. The number of aliphatic hydroxyl groups is 1. The molecular weight excluding hydrogens is 186 g/mol. The molecule has 1 rings (SSSR count). The summed E-state index contributed by atoms with van der Waals surface area (Å²) in [7, 11) is 0. The highest BCUT2D eigenvalue weighted by atomic mass is 16.3. The Bertz CT molecular complexity index is 173. The van der Waals surface area contributed by atoms with Crippen LogP contribution in [-0.2, 0) is 0 Å². The lowest BCUT2D eigenvalue weighted by atomic mass is 9.78. The molecule has 4 unspecified atom stereocenters. The van der Waals surface area contributed by atoms with Crippen LogP contribution in [0.2, 0.25) is 0 Å². The van der Waals surface area contributed by atoms with E-state index in [4.69, 9.17) is 5.11 Å². The van der Waals surface area contributed by atoms with Crippen LogP contribution in [0.25, 0.3) is 0 Å². The third-order valence-corrected chi connectivity index (χ3v) is 4.14. The Morgan fingerprint density at radius 2 is 1.73 bits per heavy atom. The molecule has 4 atom stereocenters. The second-order valence-electron chi connectivity index (χ2n) is 5.53. The Balaban J connectivity index is 2.47. The molecule has 90 valence electrons. The number of rotatable bonds is 4. The van der Waals surface area contributed by atoms with E-state index >= 15 is 0 Å². The van der Waals surface area contributed by atoms with Crippen molar-refractivity contribution in [2.45, 2.75) is 59.0 Å². The molecule has 0 bridgehead atoms. The lowest BCUT2D eigenvalue weighted by Gasteiger charge is -2.38. The highest BCUT2D eigenvalue weighted by Crippen LogP contribution is 2.29. The SMILES string of the molecule is CC(CO)C(C)NC1C(C)CCCC1C. The summed E-state index contributed by atoms with van der Waals surface area (Å²) < 4.78 is 0. The molecule has 0 aromatic carbocycles. The van der Waals surface area contributed by atoms with Crippen LogP contribution in [0.3, 0.4) is 0 Å². The largest absolute Gasteiger partial charge is 0.396 e. The zero-order chi connectivity index (χ0) is 11.4. The molecule has 1 aliphatic carbocycles. The summed E-state index contributed by atoms with van der Waals surface area (Å²) >= 11 is 0. The second-order valence-corrected chi connectivity index (χ2v) is 5.53. The van der Waals surface area contributed by atoms with E-state index in [-0.39, 0.29) is 6.61 Å². The molecule has 0 aromatic heterocycles. The van der Waals surface area contributed by atoms with Gasteiger partial charge in [-0.1, -0.05) is 27.2 Å². The number of aliphatic hydroxyl groups excluding tert-OH is 1. The summed E-state index contributed by atoms with van der Waals surface area (Å²) in [4.78, 5) is 0. The van der Waals surface area contributed by atoms with Gasteiger partial charge in [-0.3, -0.25) is 0 Å². The molecule has 0 aliphatic heterocycles. The van der Waals surface area contributed by atoms with Crippen molar-refractivity contribution in [1.82, 2.24) is 5.32 Å². The van der Waals surface area contributed by atoms with Crippen LogP contribution in [-0.4, -0.2) is 23.8 Å². The van der Waals surface area contributed by atoms with Gasteiger partial charge in [0.1, 0.15) is 0 Å². The summed E-state index contributed by atoms with van der Waals surface area (Å²) in [5.74, 6) is 1.91. The molecular formula is C13H27NO. The maximum absolute atomic E-state index is 9.13. The zero-order valence-electron chi connectivity index (χ0n) is 10.7. The average molecular weight is 213 g/mol. The van der Waals surface area contributed by atoms with Crippen molar-refractivity contribution in [2.24, 2.45) is 17.8 Å². The summed E-state index contributed by atoms with van der Waals surface area (Å²) in [5.41, 5.74) is 0. The molecule has 0 saturated heterocycles. The fraction of sp³-hybridized carbons (Fsp3) is 1.00. The van der Waals surface area contributed by atoms with Gasteiger partial charge in [-0.15, -0.1) is 0 Å². The normalized spacial score (nSPS) is 36.2. The van der Waals surface area contributed by atoms with Gasteiger partial charge in [-0.2, -0.15) is 0 Å². The van der Waals surface area contributed by atoms with Crippen molar-refractivity contribution in [3.8, 4) is 0 Å². The Morgan fingerprint density at radius 1 is 1.20 bits per heavy atom. The number of nitrogens with one attached hydrogen (secondary N) is 1. The molecule has 2 nitrogen and oxygen atoms in total. The average Bonchev–Trinajstić information content (AvgIpc) is 2.22. The smallest absolute Gasteiger partial charge is 0.0471 e. The molecule has 1 saturated carbocycles. The molecule has 0 heterocycles. The minimum atomic E-state index is 0.281. The molecule has 1 aliphatic rings. The molecule has 15 heavy (non-hydrogen) atoms. The first kappa shape index (κ1) is 13.0. The fourth-order valence-electron chi connectivity index (χ4n) is 2.64. The summed E-state index contributed by atoms with van der Waals surface area (Å²) in [6, 6.07) is 1.06. The highest BCUT2D eigenvalue weighted by molar-refractivity contribution is 4.86. The molecule has 2 heteroatoms. The Morgan fingerprint density at radius 3 is 2.20 bits per heavy atom. The topological polar surface area (TPSA) is 32.3 Å². The number of hydrogen-bond acceptors (Lipinski definition) is 2. The van der Waals surface area contributed by atoms with Gasteiger partial charge in [0, 0.05) is 18.7 Å². The summed E-state index contributed by atoms with van der Waals surface area (Å²) in [6.45, 7) is 9.28. The van der Waals surface area contributed by atoms with E-state index in [0.29, 0.717) is 18.0 Å². The fourth-order valence-corrected chi connectivity index (χ4v) is 2.64. The van der Waals surface area contributed by atoms with Crippen LogP contribution in [0.15, 0.2) is 0 Å². The first-order valence-corrected chi connectivity index (χ1v) is 6.43.